The summed E-state index contributed by atoms with van der Waals surface area (Å²) < 4.78 is 27.4. The molecule has 3 aromatic rings. The average Bonchev–Trinajstić information content (AvgIpc) is 2.60. The zero-order valence-electron chi connectivity index (χ0n) is 12.8. The number of para-hydroxylation sites is 1. The summed E-state index contributed by atoms with van der Waals surface area (Å²) >= 11 is 5.80. The van der Waals surface area contributed by atoms with Crippen LogP contribution >= 0.6 is 11.6 Å². The molecule has 0 saturated carbocycles. The quantitative estimate of drug-likeness (QED) is 0.688. The van der Waals surface area contributed by atoms with Crippen molar-refractivity contribution < 1.29 is 13.6 Å². The van der Waals surface area contributed by atoms with E-state index in [1.165, 1.54) is 24.5 Å². The number of hydrogen-bond acceptors (Lipinski definition) is 3. The van der Waals surface area contributed by atoms with Crippen LogP contribution in [-0.4, -0.2) is 10.9 Å². The van der Waals surface area contributed by atoms with Crippen LogP contribution in [0.5, 0.6) is 0 Å². The molecule has 1 amide bonds. The van der Waals surface area contributed by atoms with Crippen molar-refractivity contribution in [2.24, 2.45) is 0 Å². The average molecular weight is 360 g/mol. The van der Waals surface area contributed by atoms with Crippen LogP contribution in [0.4, 0.5) is 25.8 Å². The van der Waals surface area contributed by atoms with E-state index in [1.54, 1.807) is 24.3 Å². The summed E-state index contributed by atoms with van der Waals surface area (Å²) in [7, 11) is 0. The van der Waals surface area contributed by atoms with Gasteiger partial charge in [-0.2, -0.15) is 0 Å². The number of nitrogens with one attached hydrogen (secondary N) is 2. The highest BCUT2D eigenvalue weighted by atomic mass is 35.5. The molecule has 126 valence electrons. The van der Waals surface area contributed by atoms with Crippen LogP contribution < -0.4 is 10.6 Å². The summed E-state index contributed by atoms with van der Waals surface area (Å²) in [5.41, 5.74) is 0.775. The molecular weight excluding hydrogens is 348 g/mol. The van der Waals surface area contributed by atoms with Crippen molar-refractivity contribution in [3.8, 4) is 0 Å². The molecule has 1 heterocycles. The highest BCUT2D eigenvalue weighted by Crippen LogP contribution is 2.23. The Hall–Kier alpha value is -2.99. The third-order valence-electron chi connectivity index (χ3n) is 3.33. The van der Waals surface area contributed by atoms with Gasteiger partial charge < -0.3 is 10.6 Å². The normalized spacial score (nSPS) is 10.4. The Bertz CT molecular complexity index is 896. The van der Waals surface area contributed by atoms with Crippen LogP contribution in [0, 0.1) is 11.6 Å². The largest absolute Gasteiger partial charge is 0.349 e. The highest BCUT2D eigenvalue weighted by Gasteiger charge is 2.11. The van der Waals surface area contributed by atoms with Crippen molar-refractivity contribution in [3.63, 3.8) is 0 Å². The molecule has 0 spiro atoms. The number of anilines is 3. The number of carbonyl (C=O) groups is 1. The van der Waals surface area contributed by atoms with Gasteiger partial charge in [0.1, 0.15) is 17.3 Å². The lowest BCUT2D eigenvalue weighted by molar-refractivity contribution is 0.102. The summed E-state index contributed by atoms with van der Waals surface area (Å²) in [6.07, 6.45) is 2.72. The van der Waals surface area contributed by atoms with Crippen LogP contribution in [0.3, 0.4) is 0 Å². The number of carbonyl (C=O) groups excluding carboxylic acids is 1. The minimum absolute atomic E-state index is 0.233. The molecule has 1 aromatic heterocycles. The van der Waals surface area contributed by atoms with E-state index in [-0.39, 0.29) is 16.9 Å². The summed E-state index contributed by atoms with van der Waals surface area (Å²) in [5, 5.41) is 5.84. The van der Waals surface area contributed by atoms with E-state index in [2.05, 4.69) is 15.6 Å². The van der Waals surface area contributed by atoms with Gasteiger partial charge in [0.05, 0.1) is 17.4 Å². The van der Waals surface area contributed by atoms with E-state index in [4.69, 9.17) is 11.6 Å². The lowest BCUT2D eigenvalue weighted by atomic mass is 10.2. The fourth-order valence-corrected chi connectivity index (χ4v) is 2.26. The number of benzene rings is 2. The smallest absolute Gasteiger partial charge is 0.257 e. The second-order valence-electron chi connectivity index (χ2n) is 5.14. The van der Waals surface area contributed by atoms with Crippen LogP contribution in [-0.2, 0) is 0 Å². The van der Waals surface area contributed by atoms with Gasteiger partial charge in [0.2, 0.25) is 0 Å². The maximum absolute atomic E-state index is 13.7. The predicted octanol–water partition coefficient (Wildman–Crippen LogP) is 5.01. The highest BCUT2D eigenvalue weighted by molar-refractivity contribution is 6.30. The topological polar surface area (TPSA) is 54.0 Å². The molecule has 0 unspecified atom stereocenters. The van der Waals surface area contributed by atoms with Gasteiger partial charge in [0, 0.05) is 16.9 Å². The Morgan fingerprint density at radius 3 is 2.32 bits per heavy atom. The molecule has 0 atom stereocenters. The molecule has 0 bridgehead atoms. The van der Waals surface area contributed by atoms with Gasteiger partial charge >= 0.3 is 0 Å². The number of nitrogens with zero attached hydrogens (tertiary/aromatic N) is 1. The van der Waals surface area contributed by atoms with Crippen LogP contribution in [0.25, 0.3) is 0 Å². The van der Waals surface area contributed by atoms with E-state index < -0.39 is 17.5 Å². The summed E-state index contributed by atoms with van der Waals surface area (Å²) in [6, 6.07) is 11.6. The molecule has 0 saturated heterocycles. The maximum atomic E-state index is 13.7. The van der Waals surface area contributed by atoms with Gasteiger partial charge in [0.15, 0.2) is 0 Å². The van der Waals surface area contributed by atoms with E-state index >= 15 is 0 Å². The first-order valence-corrected chi connectivity index (χ1v) is 7.64. The van der Waals surface area contributed by atoms with Crippen LogP contribution in [0.15, 0.2) is 60.9 Å². The van der Waals surface area contributed by atoms with Gasteiger partial charge in [-0.1, -0.05) is 17.7 Å². The third kappa shape index (κ3) is 4.10. The van der Waals surface area contributed by atoms with Gasteiger partial charge in [0.25, 0.3) is 5.91 Å². The number of rotatable bonds is 4. The molecule has 0 fully saturated rings. The van der Waals surface area contributed by atoms with Crippen molar-refractivity contribution >= 4 is 34.6 Å². The number of halogens is 3. The number of pyridine rings is 1. The van der Waals surface area contributed by atoms with Gasteiger partial charge in [-0.25, -0.2) is 8.78 Å². The van der Waals surface area contributed by atoms with Crippen LogP contribution in [0.1, 0.15) is 10.4 Å². The van der Waals surface area contributed by atoms with E-state index in [0.717, 1.165) is 12.1 Å². The SMILES string of the molecule is O=C(Nc1ccc(Cl)cc1)c1cncc(Nc2c(F)cccc2F)c1. The maximum Gasteiger partial charge on any atom is 0.257 e. The molecule has 7 heteroatoms. The van der Waals surface area contributed by atoms with Crippen molar-refractivity contribution in [3.05, 3.63) is 83.1 Å². The standard InChI is InChI=1S/C18H12ClF2N3O/c19-12-4-6-13(7-5-12)24-18(25)11-8-14(10-22-9-11)23-17-15(20)2-1-3-16(17)21/h1-10,23H,(H,24,25). The number of amides is 1. The fourth-order valence-electron chi connectivity index (χ4n) is 2.13. The van der Waals surface area contributed by atoms with Gasteiger partial charge in [-0.3, -0.25) is 9.78 Å². The lowest BCUT2D eigenvalue weighted by Gasteiger charge is -2.10. The first kappa shape index (κ1) is 16.9. The Morgan fingerprint density at radius 1 is 0.960 bits per heavy atom. The van der Waals surface area contributed by atoms with Crippen molar-refractivity contribution in [1.82, 2.24) is 4.98 Å². The molecule has 2 aromatic carbocycles. The van der Waals surface area contributed by atoms with Crippen molar-refractivity contribution in [2.45, 2.75) is 0 Å². The zero-order chi connectivity index (χ0) is 17.8. The van der Waals surface area contributed by atoms with E-state index in [0.29, 0.717) is 10.7 Å². The molecule has 25 heavy (non-hydrogen) atoms. The zero-order valence-corrected chi connectivity index (χ0v) is 13.5. The molecule has 0 aliphatic rings. The number of hydrogen-bond donors (Lipinski definition) is 2. The molecular formula is C18H12ClF2N3O. The van der Waals surface area contributed by atoms with Gasteiger partial charge in [-0.15, -0.1) is 0 Å². The lowest BCUT2D eigenvalue weighted by Crippen LogP contribution is -2.12. The molecule has 0 radical (unpaired) electrons. The second-order valence-corrected chi connectivity index (χ2v) is 5.58. The minimum Gasteiger partial charge on any atom is -0.349 e. The first-order valence-electron chi connectivity index (χ1n) is 7.26. The second kappa shape index (κ2) is 7.27. The molecule has 0 aliphatic carbocycles. The molecule has 0 aliphatic heterocycles. The molecule has 4 nitrogen and oxygen atoms in total. The Morgan fingerprint density at radius 2 is 1.64 bits per heavy atom. The monoisotopic (exact) mass is 359 g/mol. The summed E-state index contributed by atoms with van der Waals surface area (Å²) in [6.45, 7) is 0. The molecule has 2 N–H and O–H groups in total. The third-order valence-corrected chi connectivity index (χ3v) is 3.59. The predicted molar refractivity (Wildman–Crippen MR) is 93.3 cm³/mol. The summed E-state index contributed by atoms with van der Waals surface area (Å²) in [4.78, 5) is 16.2. The molecule has 3 rings (SSSR count). The van der Waals surface area contributed by atoms with E-state index in [9.17, 15) is 13.6 Å². The number of aromatic nitrogens is 1. The Labute approximate surface area is 147 Å². The minimum atomic E-state index is -0.740. The first-order chi connectivity index (χ1) is 12.0. The van der Waals surface area contributed by atoms with E-state index in [1.807, 2.05) is 0 Å². The summed E-state index contributed by atoms with van der Waals surface area (Å²) in [5.74, 6) is -1.89. The van der Waals surface area contributed by atoms with Crippen molar-refractivity contribution in [1.29, 1.82) is 0 Å². The van der Waals surface area contributed by atoms with Gasteiger partial charge in [-0.05, 0) is 42.5 Å². The Kier molecular flexibility index (Phi) is 4.90. The van der Waals surface area contributed by atoms with Crippen LogP contribution in [0.2, 0.25) is 5.02 Å². The Balaban J connectivity index is 1.79. The fraction of sp³-hybridized carbons (Fsp3) is 0. The van der Waals surface area contributed by atoms with Crippen molar-refractivity contribution in [2.75, 3.05) is 10.6 Å².